The number of esters is 1. The van der Waals surface area contributed by atoms with Gasteiger partial charge in [-0.15, -0.1) is 0 Å². The Bertz CT molecular complexity index is 1660. The summed E-state index contributed by atoms with van der Waals surface area (Å²) in [6.07, 6.45) is 0. The van der Waals surface area contributed by atoms with Crippen LogP contribution in [-0.4, -0.2) is 43.2 Å². The maximum absolute atomic E-state index is 14.2. The van der Waals surface area contributed by atoms with Gasteiger partial charge in [-0.3, -0.25) is 14.2 Å². The van der Waals surface area contributed by atoms with Crippen molar-refractivity contribution in [3.8, 4) is 0 Å². The molecular weight excluding hydrogens is 500 g/mol. The van der Waals surface area contributed by atoms with Crippen molar-refractivity contribution in [2.75, 3.05) is 30.5 Å². The summed E-state index contributed by atoms with van der Waals surface area (Å²) in [5.74, 6) is -0.721. The number of benzene rings is 2. The van der Waals surface area contributed by atoms with E-state index in [1.807, 2.05) is 81.4 Å². The van der Waals surface area contributed by atoms with Crippen LogP contribution in [0.2, 0.25) is 0 Å². The second kappa shape index (κ2) is 9.72. The van der Waals surface area contributed by atoms with Gasteiger partial charge in [0.05, 0.1) is 35.2 Å². The summed E-state index contributed by atoms with van der Waals surface area (Å²) < 4.78 is 7.24. The van der Waals surface area contributed by atoms with Gasteiger partial charge in [0, 0.05) is 31.4 Å². The van der Waals surface area contributed by atoms with Gasteiger partial charge in [-0.2, -0.15) is 0 Å². The Morgan fingerprint density at radius 3 is 2.42 bits per heavy atom. The van der Waals surface area contributed by atoms with Gasteiger partial charge in [-0.1, -0.05) is 41.7 Å². The van der Waals surface area contributed by atoms with Crippen LogP contribution in [0.1, 0.15) is 44.9 Å². The second-order valence-corrected chi connectivity index (χ2v) is 10.7. The summed E-state index contributed by atoms with van der Waals surface area (Å²) in [4.78, 5) is 49.8. The van der Waals surface area contributed by atoms with E-state index in [1.54, 1.807) is 18.7 Å². The number of hydrogen-bond acceptors (Lipinski definition) is 7. The number of carbonyl (C=O) groups excluding carboxylic acids is 2. The molecule has 0 unspecified atom stereocenters. The van der Waals surface area contributed by atoms with E-state index in [1.165, 1.54) is 15.9 Å². The van der Waals surface area contributed by atoms with Crippen molar-refractivity contribution < 1.29 is 14.3 Å². The fourth-order valence-electron chi connectivity index (χ4n) is 5.08. The average Bonchev–Trinajstić information content (AvgIpc) is 3.35. The number of aromatic nitrogens is 1. The fraction of sp³-hybridized carbons (Fsp3) is 0.310. The Morgan fingerprint density at radius 2 is 1.79 bits per heavy atom. The highest BCUT2D eigenvalue weighted by Gasteiger charge is 2.38. The van der Waals surface area contributed by atoms with Crippen LogP contribution < -0.4 is 24.7 Å². The van der Waals surface area contributed by atoms with E-state index in [0.717, 1.165) is 22.5 Å². The van der Waals surface area contributed by atoms with Crippen molar-refractivity contribution in [2.24, 2.45) is 4.99 Å². The molecule has 0 spiro atoms. The third kappa shape index (κ3) is 3.98. The van der Waals surface area contributed by atoms with Gasteiger partial charge in [-0.05, 0) is 51.5 Å². The molecule has 0 saturated heterocycles. The molecule has 5 rings (SSSR count). The molecule has 0 fully saturated rings. The Kier molecular flexibility index (Phi) is 6.56. The number of amides is 1. The normalized spacial score (nSPS) is 17.9. The topological polar surface area (TPSA) is 84.2 Å². The van der Waals surface area contributed by atoms with E-state index in [0.29, 0.717) is 26.2 Å². The molecule has 196 valence electrons. The van der Waals surface area contributed by atoms with Crippen molar-refractivity contribution in [1.82, 2.24) is 4.57 Å². The molecule has 0 bridgehead atoms. The van der Waals surface area contributed by atoms with E-state index >= 15 is 0 Å². The number of hydrogen-bond donors (Lipinski definition) is 0. The monoisotopic (exact) mass is 530 g/mol. The van der Waals surface area contributed by atoms with Gasteiger partial charge in [0.1, 0.15) is 4.53 Å². The molecule has 8 nitrogen and oxygen atoms in total. The largest absolute Gasteiger partial charge is 0.463 e. The maximum atomic E-state index is 14.2. The lowest BCUT2D eigenvalue weighted by atomic mass is 9.95. The molecule has 38 heavy (non-hydrogen) atoms. The zero-order valence-corrected chi connectivity index (χ0v) is 23.1. The molecule has 0 saturated carbocycles. The number of rotatable bonds is 5. The molecule has 2 aromatic carbocycles. The molecule has 0 aliphatic carbocycles. The van der Waals surface area contributed by atoms with Crippen LogP contribution >= 0.6 is 11.3 Å². The number of thiazole rings is 1. The summed E-state index contributed by atoms with van der Waals surface area (Å²) in [5.41, 5.74) is 4.08. The summed E-state index contributed by atoms with van der Waals surface area (Å²) in [5, 5.41) is 0. The number of carbonyl (C=O) groups is 2. The molecule has 1 atom stereocenters. The van der Waals surface area contributed by atoms with Crippen LogP contribution in [0, 0.1) is 0 Å². The minimum atomic E-state index is -0.733. The van der Waals surface area contributed by atoms with Gasteiger partial charge in [-0.25, -0.2) is 9.79 Å². The highest BCUT2D eigenvalue weighted by Crippen LogP contribution is 2.37. The van der Waals surface area contributed by atoms with E-state index in [4.69, 9.17) is 4.74 Å². The number of anilines is 2. The lowest BCUT2D eigenvalue weighted by molar-refractivity contribution is -0.139. The Balaban J connectivity index is 1.80. The number of ether oxygens (including phenoxy) is 1. The Labute approximate surface area is 224 Å². The summed E-state index contributed by atoms with van der Waals surface area (Å²) >= 11 is 1.18. The molecule has 3 heterocycles. The van der Waals surface area contributed by atoms with E-state index in [2.05, 4.69) is 4.99 Å². The van der Waals surface area contributed by atoms with Gasteiger partial charge in [0.2, 0.25) is 0 Å². The van der Waals surface area contributed by atoms with Crippen molar-refractivity contribution in [1.29, 1.82) is 0 Å². The SMILES string of the molecule is CCOC(=O)C1=C(C)N=c2s/c(=C3/C(=O)N(C(C)C)c4ccccc43)c(=O)n2[C@@H]1c1ccc(N(C)C)cc1. The third-order valence-electron chi connectivity index (χ3n) is 6.83. The van der Waals surface area contributed by atoms with Crippen molar-refractivity contribution in [3.63, 3.8) is 0 Å². The average molecular weight is 531 g/mol. The Hall–Kier alpha value is -3.98. The first-order valence-electron chi connectivity index (χ1n) is 12.6. The first kappa shape index (κ1) is 25.7. The second-order valence-electron chi connectivity index (χ2n) is 9.77. The number of fused-ring (bicyclic) bond motifs is 2. The standard InChI is InChI=1S/C29H30N4O4S/c1-7-37-28(36)22-17(4)30-29-33(24(22)18-12-14-19(15-13-18)31(5)6)27(35)25(38-29)23-20-10-8-9-11-21(20)32(16(2)3)26(23)34/h8-16,24H,7H2,1-6H3/b25-23+/t24-/m1/s1. The first-order valence-corrected chi connectivity index (χ1v) is 13.4. The van der Waals surface area contributed by atoms with Crippen LogP contribution in [0.15, 0.2) is 69.6 Å². The zero-order valence-electron chi connectivity index (χ0n) is 22.3. The summed E-state index contributed by atoms with van der Waals surface area (Å²) in [6, 6.07) is 14.4. The van der Waals surface area contributed by atoms with Crippen molar-refractivity contribution in [3.05, 3.63) is 90.6 Å². The van der Waals surface area contributed by atoms with Crippen LogP contribution in [-0.2, 0) is 14.3 Å². The van der Waals surface area contributed by atoms with Crippen LogP contribution in [0.5, 0.6) is 0 Å². The zero-order chi connectivity index (χ0) is 27.3. The molecular formula is C29H30N4O4S. The summed E-state index contributed by atoms with van der Waals surface area (Å²) in [6.45, 7) is 7.60. The maximum Gasteiger partial charge on any atom is 0.338 e. The van der Waals surface area contributed by atoms with Gasteiger partial charge < -0.3 is 14.5 Å². The highest BCUT2D eigenvalue weighted by atomic mass is 32.1. The number of para-hydroxylation sites is 1. The molecule has 2 aliphatic heterocycles. The molecule has 1 aromatic heterocycles. The van der Waals surface area contributed by atoms with E-state index < -0.39 is 12.0 Å². The van der Waals surface area contributed by atoms with E-state index in [-0.39, 0.29) is 24.1 Å². The van der Waals surface area contributed by atoms with Gasteiger partial charge in [0.15, 0.2) is 4.80 Å². The molecule has 1 amide bonds. The van der Waals surface area contributed by atoms with Crippen LogP contribution in [0.25, 0.3) is 5.57 Å². The third-order valence-corrected chi connectivity index (χ3v) is 7.88. The molecule has 0 N–H and O–H groups in total. The van der Waals surface area contributed by atoms with Gasteiger partial charge in [0.25, 0.3) is 11.5 Å². The molecule has 2 aliphatic rings. The molecule has 0 radical (unpaired) electrons. The highest BCUT2D eigenvalue weighted by molar-refractivity contribution is 7.07. The van der Waals surface area contributed by atoms with Gasteiger partial charge >= 0.3 is 5.97 Å². The summed E-state index contributed by atoms with van der Waals surface area (Å²) in [7, 11) is 3.90. The lowest BCUT2D eigenvalue weighted by Crippen LogP contribution is -2.41. The van der Waals surface area contributed by atoms with E-state index in [9.17, 15) is 14.4 Å². The van der Waals surface area contributed by atoms with Crippen LogP contribution in [0.4, 0.5) is 11.4 Å². The Morgan fingerprint density at radius 1 is 1.11 bits per heavy atom. The quantitative estimate of drug-likeness (QED) is 0.474. The predicted molar refractivity (Wildman–Crippen MR) is 149 cm³/mol. The van der Waals surface area contributed by atoms with Crippen molar-refractivity contribution >= 4 is 40.2 Å². The fourth-order valence-corrected chi connectivity index (χ4v) is 6.22. The number of nitrogens with zero attached hydrogens (tertiary/aromatic N) is 4. The number of allylic oxidation sites excluding steroid dienone is 1. The first-order chi connectivity index (χ1) is 18.1. The lowest BCUT2D eigenvalue weighted by Gasteiger charge is -2.25. The molecule has 3 aromatic rings. The minimum Gasteiger partial charge on any atom is -0.463 e. The predicted octanol–water partition coefficient (Wildman–Crippen LogP) is 2.99. The minimum absolute atomic E-state index is 0.0783. The van der Waals surface area contributed by atoms with Crippen LogP contribution in [0.3, 0.4) is 0 Å². The van der Waals surface area contributed by atoms with Crippen molar-refractivity contribution in [2.45, 2.75) is 39.8 Å². The molecule has 9 heteroatoms. The smallest absolute Gasteiger partial charge is 0.338 e.